The van der Waals surface area contributed by atoms with Crippen molar-refractivity contribution in [2.45, 2.75) is 40.2 Å². The summed E-state index contributed by atoms with van der Waals surface area (Å²) in [7, 11) is 0. The van der Waals surface area contributed by atoms with Crippen LogP contribution >= 0.6 is 0 Å². The van der Waals surface area contributed by atoms with Crippen molar-refractivity contribution in [1.29, 1.82) is 0 Å². The van der Waals surface area contributed by atoms with Crippen LogP contribution in [0.4, 0.5) is 11.5 Å². The molecular formula is C21H28N4O5. The number of H-pyrrole nitrogens is 1. The van der Waals surface area contributed by atoms with Crippen molar-refractivity contribution in [3.05, 3.63) is 44.6 Å². The Morgan fingerprint density at radius 1 is 1.23 bits per heavy atom. The Hall–Kier alpha value is -3.23. The predicted octanol–water partition coefficient (Wildman–Crippen LogP) is 1.99. The van der Waals surface area contributed by atoms with Crippen LogP contribution in [0.1, 0.15) is 44.0 Å². The van der Waals surface area contributed by atoms with Gasteiger partial charge in [0.25, 0.3) is 11.5 Å². The molecule has 0 spiro atoms. The fourth-order valence-corrected chi connectivity index (χ4v) is 3.35. The van der Waals surface area contributed by atoms with E-state index in [0.717, 1.165) is 12.8 Å². The summed E-state index contributed by atoms with van der Waals surface area (Å²) in [6.45, 7) is 7.32. The molecule has 9 heteroatoms. The van der Waals surface area contributed by atoms with E-state index in [1.165, 1.54) is 9.47 Å². The number of nitrogen functional groups attached to an aromatic ring is 1. The number of aromatic amines is 1. The molecule has 0 bridgehead atoms. The molecule has 30 heavy (non-hydrogen) atoms. The van der Waals surface area contributed by atoms with Gasteiger partial charge in [-0.2, -0.15) is 0 Å². The van der Waals surface area contributed by atoms with Crippen LogP contribution in [0.3, 0.4) is 0 Å². The number of nitrogens with zero attached hydrogens (tertiary/aromatic N) is 2. The van der Waals surface area contributed by atoms with Gasteiger partial charge in [0.05, 0.1) is 0 Å². The van der Waals surface area contributed by atoms with Crippen molar-refractivity contribution in [3.8, 4) is 11.5 Å². The summed E-state index contributed by atoms with van der Waals surface area (Å²) >= 11 is 0. The highest BCUT2D eigenvalue weighted by Crippen LogP contribution is 2.32. The number of nitrogens with one attached hydrogen (secondary N) is 1. The third-order valence-electron chi connectivity index (χ3n) is 4.80. The Morgan fingerprint density at radius 2 is 1.93 bits per heavy atom. The Kier molecular flexibility index (Phi) is 6.49. The van der Waals surface area contributed by atoms with Gasteiger partial charge in [0, 0.05) is 18.7 Å². The van der Waals surface area contributed by atoms with Gasteiger partial charge in [-0.1, -0.05) is 27.2 Å². The van der Waals surface area contributed by atoms with E-state index in [1.807, 2.05) is 20.8 Å². The molecule has 1 aliphatic heterocycles. The fraction of sp³-hybridized carbons (Fsp3) is 0.476. The minimum Gasteiger partial charge on any atom is -0.486 e. The van der Waals surface area contributed by atoms with Gasteiger partial charge in [-0.05, 0) is 30.5 Å². The van der Waals surface area contributed by atoms with Crippen LogP contribution in [-0.4, -0.2) is 35.2 Å². The predicted molar refractivity (Wildman–Crippen MR) is 115 cm³/mol. The number of anilines is 2. The second kappa shape index (κ2) is 9.06. The van der Waals surface area contributed by atoms with Crippen molar-refractivity contribution in [2.24, 2.45) is 5.92 Å². The highest BCUT2D eigenvalue weighted by Gasteiger charge is 2.27. The molecule has 2 heterocycles. The molecule has 9 nitrogen and oxygen atoms in total. The Balaban J connectivity index is 2.08. The third-order valence-corrected chi connectivity index (χ3v) is 4.80. The van der Waals surface area contributed by atoms with E-state index in [4.69, 9.17) is 15.2 Å². The summed E-state index contributed by atoms with van der Waals surface area (Å²) in [6.07, 6.45) is 1.57. The number of benzene rings is 1. The van der Waals surface area contributed by atoms with Gasteiger partial charge >= 0.3 is 5.69 Å². The van der Waals surface area contributed by atoms with Gasteiger partial charge in [-0.15, -0.1) is 0 Å². The normalized spacial score (nSPS) is 12.8. The molecule has 0 unspecified atom stereocenters. The SMILES string of the molecule is CCCCn1c(N)c(N(CC(C)C)C(=O)c2ccc3c(c2)OCCO3)c(=O)[nH]c1=O. The first-order valence-electron chi connectivity index (χ1n) is 10.2. The minimum atomic E-state index is -0.684. The first-order valence-corrected chi connectivity index (χ1v) is 10.2. The van der Waals surface area contributed by atoms with Gasteiger partial charge < -0.3 is 20.1 Å². The zero-order valence-corrected chi connectivity index (χ0v) is 17.6. The van der Waals surface area contributed by atoms with E-state index in [9.17, 15) is 14.4 Å². The number of rotatable bonds is 7. The molecule has 3 N–H and O–H groups in total. The van der Waals surface area contributed by atoms with Crippen molar-refractivity contribution in [3.63, 3.8) is 0 Å². The molecule has 162 valence electrons. The molecule has 0 atom stereocenters. The third kappa shape index (κ3) is 4.34. The molecule has 1 amide bonds. The number of hydrogen-bond donors (Lipinski definition) is 2. The first-order chi connectivity index (χ1) is 14.3. The Labute approximate surface area is 174 Å². The zero-order chi connectivity index (χ0) is 21.8. The fourth-order valence-electron chi connectivity index (χ4n) is 3.35. The maximum absolute atomic E-state index is 13.4. The number of amides is 1. The number of aromatic nitrogens is 2. The second-order valence-electron chi connectivity index (χ2n) is 7.67. The molecule has 0 saturated carbocycles. The molecule has 1 aromatic carbocycles. The smallest absolute Gasteiger partial charge is 0.330 e. The van der Waals surface area contributed by atoms with Crippen LogP contribution in [0.25, 0.3) is 0 Å². The van der Waals surface area contributed by atoms with Crippen LogP contribution in [0.15, 0.2) is 27.8 Å². The summed E-state index contributed by atoms with van der Waals surface area (Å²) in [6, 6.07) is 4.90. The van der Waals surface area contributed by atoms with Gasteiger partial charge in [0.1, 0.15) is 19.0 Å². The van der Waals surface area contributed by atoms with Gasteiger partial charge in [-0.25, -0.2) is 4.79 Å². The Morgan fingerprint density at radius 3 is 2.60 bits per heavy atom. The van der Waals surface area contributed by atoms with Gasteiger partial charge in [-0.3, -0.25) is 19.1 Å². The zero-order valence-electron chi connectivity index (χ0n) is 17.6. The largest absolute Gasteiger partial charge is 0.486 e. The highest BCUT2D eigenvalue weighted by atomic mass is 16.6. The van der Waals surface area contributed by atoms with Gasteiger partial charge in [0.15, 0.2) is 17.2 Å². The van der Waals surface area contributed by atoms with Crippen molar-refractivity contribution >= 4 is 17.4 Å². The molecule has 1 aliphatic rings. The quantitative estimate of drug-likeness (QED) is 0.712. The molecule has 3 rings (SSSR count). The van der Waals surface area contributed by atoms with Gasteiger partial charge in [0.2, 0.25) is 0 Å². The number of fused-ring (bicyclic) bond motifs is 1. The minimum absolute atomic E-state index is 0.0104. The lowest BCUT2D eigenvalue weighted by molar-refractivity contribution is 0.0982. The lowest BCUT2D eigenvalue weighted by Gasteiger charge is -2.27. The van der Waals surface area contributed by atoms with Crippen molar-refractivity contribution in [1.82, 2.24) is 9.55 Å². The lowest BCUT2D eigenvalue weighted by atomic mass is 10.1. The number of hydrogen-bond acceptors (Lipinski definition) is 6. The summed E-state index contributed by atoms with van der Waals surface area (Å²) in [5.41, 5.74) is 5.30. The van der Waals surface area contributed by atoms with Crippen LogP contribution in [-0.2, 0) is 6.54 Å². The van der Waals surface area contributed by atoms with Crippen LogP contribution < -0.4 is 31.4 Å². The van der Waals surface area contributed by atoms with E-state index < -0.39 is 17.2 Å². The molecule has 0 radical (unpaired) electrons. The maximum atomic E-state index is 13.4. The second-order valence-corrected chi connectivity index (χ2v) is 7.67. The monoisotopic (exact) mass is 416 g/mol. The molecule has 0 saturated heterocycles. The topological polar surface area (TPSA) is 120 Å². The molecule has 1 aromatic heterocycles. The van der Waals surface area contributed by atoms with Crippen molar-refractivity contribution < 1.29 is 14.3 Å². The first kappa shape index (κ1) is 21.5. The molecule has 0 fully saturated rings. The van der Waals surface area contributed by atoms with E-state index in [-0.39, 0.29) is 24.0 Å². The number of ether oxygens (including phenoxy) is 2. The highest BCUT2D eigenvalue weighted by molar-refractivity contribution is 6.07. The number of carbonyl (C=O) groups is 1. The van der Waals surface area contributed by atoms with Crippen LogP contribution in [0.5, 0.6) is 11.5 Å². The number of unbranched alkanes of at least 4 members (excludes halogenated alkanes) is 1. The average Bonchev–Trinajstić information content (AvgIpc) is 2.71. The van der Waals surface area contributed by atoms with Crippen LogP contribution in [0.2, 0.25) is 0 Å². The molecule has 0 aliphatic carbocycles. The maximum Gasteiger partial charge on any atom is 0.330 e. The van der Waals surface area contributed by atoms with Crippen molar-refractivity contribution in [2.75, 3.05) is 30.4 Å². The lowest BCUT2D eigenvalue weighted by Crippen LogP contribution is -2.42. The van der Waals surface area contributed by atoms with E-state index in [2.05, 4.69) is 4.98 Å². The summed E-state index contributed by atoms with van der Waals surface area (Å²) in [5.74, 6) is 0.688. The summed E-state index contributed by atoms with van der Waals surface area (Å²) < 4.78 is 12.4. The molecular weight excluding hydrogens is 388 g/mol. The van der Waals surface area contributed by atoms with E-state index in [1.54, 1.807) is 18.2 Å². The summed E-state index contributed by atoms with van der Waals surface area (Å²) in [4.78, 5) is 42.0. The molecule has 2 aromatic rings. The number of carbonyl (C=O) groups excluding carboxylic acids is 1. The number of nitrogens with two attached hydrogens (primary N) is 1. The Bertz CT molecular complexity index is 1040. The van der Waals surface area contributed by atoms with E-state index in [0.29, 0.717) is 36.8 Å². The van der Waals surface area contributed by atoms with Crippen LogP contribution in [0, 0.1) is 5.92 Å². The summed E-state index contributed by atoms with van der Waals surface area (Å²) in [5, 5.41) is 0. The standard InChI is InChI=1S/C21H28N4O5/c1-4-5-8-24-18(22)17(19(26)23-21(24)28)25(12-13(2)3)20(27)14-6-7-15-16(11-14)30-10-9-29-15/h6-7,11,13H,4-5,8-10,12,22H2,1-3H3,(H,23,26,28). The average molecular weight is 416 g/mol. The van der Waals surface area contributed by atoms with E-state index >= 15 is 0 Å².